The Bertz CT molecular complexity index is 1400. The molecular formula is C25H36N8O3S. The van der Waals surface area contributed by atoms with Crippen LogP contribution in [0.2, 0.25) is 0 Å². The molecule has 1 fully saturated rings. The summed E-state index contributed by atoms with van der Waals surface area (Å²) in [5.74, 6) is 0.626. The fraction of sp³-hybridized carbons (Fsp3) is 0.560. The summed E-state index contributed by atoms with van der Waals surface area (Å²) in [5, 5.41) is 12.3. The zero-order valence-corrected chi connectivity index (χ0v) is 22.9. The van der Waals surface area contributed by atoms with Crippen LogP contribution in [0.3, 0.4) is 0 Å². The molecule has 0 aromatic carbocycles. The summed E-state index contributed by atoms with van der Waals surface area (Å²) < 4.78 is 28.1. The van der Waals surface area contributed by atoms with Crippen LogP contribution in [0.4, 0.5) is 11.8 Å². The fourth-order valence-electron chi connectivity index (χ4n) is 4.78. The van der Waals surface area contributed by atoms with Crippen molar-refractivity contribution < 1.29 is 8.42 Å². The van der Waals surface area contributed by atoms with E-state index in [1.165, 1.54) is 6.07 Å². The zero-order chi connectivity index (χ0) is 26.7. The normalized spacial score (nSPS) is 18.5. The lowest BCUT2D eigenvalue weighted by molar-refractivity contribution is 0.221. The standard InChI is InChI=1S/C25H36N8O3S/c1-6-13-37(35,36)31-22-12-11-21(29-30-22)20-14-17-15-26-25(28-23(17)33(16(2)3)24(20)34)27-18-7-9-19(10-8-18)32(4)5/h11-12,14-16,18-19H,6-10,13H2,1-5H3,(H,30,31)(H,26,27,28). The molecule has 0 aliphatic heterocycles. The van der Waals surface area contributed by atoms with Crippen molar-refractivity contribution in [2.24, 2.45) is 0 Å². The minimum atomic E-state index is -3.48. The molecule has 200 valence electrons. The first-order valence-electron chi connectivity index (χ1n) is 12.8. The number of aromatic nitrogens is 5. The van der Waals surface area contributed by atoms with Crippen molar-refractivity contribution in [2.75, 3.05) is 29.9 Å². The summed E-state index contributed by atoms with van der Waals surface area (Å²) in [6, 6.07) is 5.57. The van der Waals surface area contributed by atoms with Crippen LogP contribution in [0.15, 0.2) is 29.2 Å². The second-order valence-electron chi connectivity index (χ2n) is 10.1. The Balaban J connectivity index is 1.62. The monoisotopic (exact) mass is 528 g/mol. The van der Waals surface area contributed by atoms with E-state index in [1.54, 1.807) is 29.8 Å². The molecule has 0 saturated heterocycles. The summed E-state index contributed by atoms with van der Waals surface area (Å²) in [7, 11) is 0.767. The third-order valence-corrected chi connectivity index (χ3v) is 8.19. The molecule has 0 unspecified atom stereocenters. The lowest BCUT2D eigenvalue weighted by Crippen LogP contribution is -2.36. The number of hydrogen-bond donors (Lipinski definition) is 2. The predicted octanol–water partition coefficient (Wildman–Crippen LogP) is 3.27. The van der Waals surface area contributed by atoms with E-state index in [2.05, 4.69) is 44.2 Å². The van der Waals surface area contributed by atoms with E-state index in [4.69, 9.17) is 4.98 Å². The molecule has 2 N–H and O–H groups in total. The van der Waals surface area contributed by atoms with Crippen molar-refractivity contribution in [2.45, 2.75) is 71.0 Å². The molecule has 3 aromatic heterocycles. The molecule has 11 nitrogen and oxygen atoms in total. The largest absolute Gasteiger partial charge is 0.351 e. The topological polar surface area (TPSA) is 135 Å². The number of anilines is 2. The van der Waals surface area contributed by atoms with Crippen LogP contribution >= 0.6 is 0 Å². The average Bonchev–Trinajstić information content (AvgIpc) is 2.84. The van der Waals surface area contributed by atoms with Gasteiger partial charge < -0.3 is 10.2 Å². The molecule has 4 rings (SSSR count). The van der Waals surface area contributed by atoms with Crippen LogP contribution in [0.1, 0.15) is 58.9 Å². The van der Waals surface area contributed by atoms with Crippen LogP contribution in [0, 0.1) is 0 Å². The molecule has 1 aliphatic carbocycles. The van der Waals surface area contributed by atoms with E-state index in [1.807, 2.05) is 13.8 Å². The SMILES string of the molecule is CCCS(=O)(=O)Nc1ccc(-c2cc3cnc(NC4CCC(N(C)C)CC4)nc3n(C(C)C)c2=O)nn1. The summed E-state index contributed by atoms with van der Waals surface area (Å²) in [4.78, 5) is 25.1. The quantitative estimate of drug-likeness (QED) is 0.429. The van der Waals surface area contributed by atoms with Gasteiger partial charge in [-0.3, -0.25) is 14.1 Å². The number of pyridine rings is 1. The van der Waals surface area contributed by atoms with Crippen molar-refractivity contribution in [1.29, 1.82) is 0 Å². The summed E-state index contributed by atoms with van der Waals surface area (Å²) in [6.45, 7) is 5.64. The maximum atomic E-state index is 13.5. The van der Waals surface area contributed by atoms with Crippen LogP contribution < -0.4 is 15.6 Å². The van der Waals surface area contributed by atoms with E-state index in [9.17, 15) is 13.2 Å². The van der Waals surface area contributed by atoms with Gasteiger partial charge in [0.1, 0.15) is 5.65 Å². The minimum Gasteiger partial charge on any atom is -0.351 e. The Kier molecular flexibility index (Phi) is 8.08. The first-order chi connectivity index (χ1) is 17.6. The maximum Gasteiger partial charge on any atom is 0.261 e. The molecule has 37 heavy (non-hydrogen) atoms. The second-order valence-corrected chi connectivity index (χ2v) is 12.0. The molecule has 0 bridgehead atoms. The van der Waals surface area contributed by atoms with E-state index in [0.717, 1.165) is 25.7 Å². The molecule has 0 radical (unpaired) electrons. The van der Waals surface area contributed by atoms with Gasteiger partial charge in [0.2, 0.25) is 16.0 Å². The van der Waals surface area contributed by atoms with Gasteiger partial charge in [0.25, 0.3) is 5.56 Å². The van der Waals surface area contributed by atoms with Gasteiger partial charge in [0.15, 0.2) is 5.82 Å². The zero-order valence-electron chi connectivity index (χ0n) is 22.1. The van der Waals surface area contributed by atoms with E-state index in [-0.39, 0.29) is 23.2 Å². The lowest BCUT2D eigenvalue weighted by Gasteiger charge is -2.33. The van der Waals surface area contributed by atoms with Gasteiger partial charge in [-0.15, -0.1) is 10.2 Å². The van der Waals surface area contributed by atoms with Gasteiger partial charge in [-0.1, -0.05) is 6.92 Å². The van der Waals surface area contributed by atoms with Gasteiger partial charge in [0, 0.05) is 29.7 Å². The lowest BCUT2D eigenvalue weighted by atomic mass is 9.91. The van der Waals surface area contributed by atoms with Crippen LogP contribution in [0.25, 0.3) is 22.3 Å². The third kappa shape index (κ3) is 6.24. The third-order valence-electron chi connectivity index (χ3n) is 6.72. The van der Waals surface area contributed by atoms with E-state index >= 15 is 0 Å². The maximum absolute atomic E-state index is 13.5. The molecule has 1 aliphatic rings. The number of hydrogen-bond acceptors (Lipinski definition) is 9. The Morgan fingerprint density at radius 3 is 2.46 bits per heavy atom. The minimum absolute atomic E-state index is 0.00556. The van der Waals surface area contributed by atoms with Gasteiger partial charge >= 0.3 is 0 Å². The summed E-state index contributed by atoms with van der Waals surface area (Å²) >= 11 is 0. The number of nitrogens with one attached hydrogen (secondary N) is 2. The summed E-state index contributed by atoms with van der Waals surface area (Å²) in [6.07, 6.45) is 6.55. The first kappa shape index (κ1) is 26.9. The fourth-order valence-corrected chi connectivity index (χ4v) is 5.85. The van der Waals surface area contributed by atoms with E-state index in [0.29, 0.717) is 46.7 Å². The van der Waals surface area contributed by atoms with Gasteiger partial charge in [-0.25, -0.2) is 13.4 Å². The highest BCUT2D eigenvalue weighted by molar-refractivity contribution is 7.92. The number of rotatable bonds is 9. The molecule has 3 aromatic rings. The molecule has 0 amide bonds. The Morgan fingerprint density at radius 2 is 1.86 bits per heavy atom. The predicted molar refractivity (Wildman–Crippen MR) is 146 cm³/mol. The van der Waals surface area contributed by atoms with Gasteiger partial charge in [0.05, 0.1) is 17.0 Å². The number of nitrogens with zero attached hydrogens (tertiary/aromatic N) is 6. The summed E-state index contributed by atoms with van der Waals surface area (Å²) in [5.41, 5.74) is 1.01. The van der Waals surface area contributed by atoms with Gasteiger partial charge in [-0.2, -0.15) is 4.98 Å². The molecule has 0 atom stereocenters. The van der Waals surface area contributed by atoms with Crippen LogP contribution in [-0.4, -0.2) is 70.0 Å². The van der Waals surface area contributed by atoms with Crippen molar-refractivity contribution in [3.8, 4) is 11.3 Å². The first-order valence-corrected chi connectivity index (χ1v) is 14.4. The van der Waals surface area contributed by atoms with Crippen LogP contribution in [-0.2, 0) is 10.0 Å². The Hall–Kier alpha value is -3.12. The Morgan fingerprint density at radius 1 is 1.14 bits per heavy atom. The number of sulfonamides is 1. The van der Waals surface area contributed by atoms with Crippen molar-refractivity contribution in [3.05, 3.63) is 34.7 Å². The molecule has 12 heteroatoms. The molecule has 1 saturated carbocycles. The average molecular weight is 529 g/mol. The molecular weight excluding hydrogens is 492 g/mol. The highest BCUT2D eigenvalue weighted by Crippen LogP contribution is 2.25. The van der Waals surface area contributed by atoms with Crippen LogP contribution in [0.5, 0.6) is 0 Å². The van der Waals surface area contributed by atoms with E-state index < -0.39 is 10.0 Å². The second kappa shape index (κ2) is 11.1. The molecule has 0 spiro atoms. The highest BCUT2D eigenvalue weighted by atomic mass is 32.2. The smallest absolute Gasteiger partial charge is 0.261 e. The van der Waals surface area contributed by atoms with Crippen molar-refractivity contribution >= 4 is 32.8 Å². The van der Waals surface area contributed by atoms with Gasteiger partial charge in [-0.05, 0) is 78.2 Å². The van der Waals surface area contributed by atoms with Crippen molar-refractivity contribution in [3.63, 3.8) is 0 Å². The Labute approximate surface area is 217 Å². The highest BCUT2D eigenvalue weighted by Gasteiger charge is 2.23. The number of fused-ring (bicyclic) bond motifs is 1. The van der Waals surface area contributed by atoms with Crippen molar-refractivity contribution in [1.82, 2.24) is 29.6 Å². The molecule has 3 heterocycles.